The smallest absolute Gasteiger partial charge is 0.497 e. The lowest BCUT2D eigenvalue weighted by molar-refractivity contribution is -0.274. The van der Waals surface area contributed by atoms with Crippen LogP contribution in [0.1, 0.15) is 37.3 Å². The Morgan fingerprint density at radius 1 is 1.03 bits per heavy atom. The van der Waals surface area contributed by atoms with Gasteiger partial charge >= 0.3 is 6.36 Å². The average Bonchev–Trinajstić information content (AvgIpc) is 3.08. The number of hydrogen-bond donors (Lipinski definition) is 0. The van der Waals surface area contributed by atoms with Crippen molar-refractivity contribution < 1.29 is 27.1 Å². The standard InChI is InChI=1S/C23H23F3O3/c1-3-5-6-7-16-9-11-19(22(12-16)29-23(24,25)26)21-14-18-10-8-17(15-27-4-2)13-20(18)28-21/h4,8-14H,2-3,5-7,15H2,1H3. The van der Waals surface area contributed by atoms with E-state index in [0.29, 0.717) is 24.4 Å². The Balaban J connectivity index is 1.95. The Hall–Kier alpha value is -2.89. The molecule has 0 saturated heterocycles. The van der Waals surface area contributed by atoms with E-state index < -0.39 is 6.36 Å². The first kappa shape index (κ1) is 20.8. The molecular formula is C23H23F3O3. The summed E-state index contributed by atoms with van der Waals surface area (Å²) in [5.74, 6) is 0.0712. The third-order valence-corrected chi connectivity index (χ3v) is 4.56. The summed E-state index contributed by atoms with van der Waals surface area (Å²) in [7, 11) is 0. The Kier molecular flexibility index (Phi) is 6.52. The maximum Gasteiger partial charge on any atom is 0.573 e. The summed E-state index contributed by atoms with van der Waals surface area (Å²) < 4.78 is 54.2. The molecule has 0 aliphatic carbocycles. The first-order valence-corrected chi connectivity index (χ1v) is 9.53. The summed E-state index contributed by atoms with van der Waals surface area (Å²) in [4.78, 5) is 0. The van der Waals surface area contributed by atoms with Gasteiger partial charge in [-0.05, 0) is 48.2 Å². The topological polar surface area (TPSA) is 31.6 Å². The van der Waals surface area contributed by atoms with Crippen LogP contribution in [-0.2, 0) is 17.8 Å². The van der Waals surface area contributed by atoms with Gasteiger partial charge < -0.3 is 13.9 Å². The molecule has 3 rings (SSSR count). The molecule has 0 saturated carbocycles. The van der Waals surface area contributed by atoms with Crippen molar-refractivity contribution >= 4 is 11.0 Å². The van der Waals surface area contributed by atoms with Crippen LogP contribution in [0.4, 0.5) is 13.2 Å². The van der Waals surface area contributed by atoms with Gasteiger partial charge in [0.2, 0.25) is 0 Å². The molecule has 0 amide bonds. The number of unbranched alkanes of at least 4 members (excludes halogenated alkanes) is 2. The van der Waals surface area contributed by atoms with E-state index >= 15 is 0 Å². The van der Waals surface area contributed by atoms with E-state index in [9.17, 15) is 13.2 Å². The summed E-state index contributed by atoms with van der Waals surface area (Å²) in [6.45, 7) is 5.92. The van der Waals surface area contributed by atoms with Gasteiger partial charge in [0.1, 0.15) is 23.7 Å². The zero-order valence-electron chi connectivity index (χ0n) is 16.2. The van der Waals surface area contributed by atoms with Gasteiger partial charge in [0, 0.05) is 5.39 Å². The predicted molar refractivity (Wildman–Crippen MR) is 107 cm³/mol. The highest BCUT2D eigenvalue weighted by atomic mass is 19.4. The van der Waals surface area contributed by atoms with Crippen LogP contribution >= 0.6 is 0 Å². The highest BCUT2D eigenvalue weighted by Crippen LogP contribution is 2.38. The third kappa shape index (κ3) is 5.56. The van der Waals surface area contributed by atoms with Crippen LogP contribution in [-0.4, -0.2) is 6.36 Å². The molecule has 154 valence electrons. The van der Waals surface area contributed by atoms with Gasteiger partial charge in [-0.3, -0.25) is 0 Å². The molecule has 0 aliphatic heterocycles. The van der Waals surface area contributed by atoms with Crippen LogP contribution < -0.4 is 4.74 Å². The van der Waals surface area contributed by atoms with E-state index in [2.05, 4.69) is 18.2 Å². The lowest BCUT2D eigenvalue weighted by Gasteiger charge is -2.13. The number of fused-ring (bicyclic) bond motifs is 1. The number of ether oxygens (including phenoxy) is 2. The number of benzene rings is 2. The minimum absolute atomic E-state index is 0.249. The van der Waals surface area contributed by atoms with Crippen LogP contribution in [0.15, 0.2) is 59.7 Å². The zero-order valence-corrected chi connectivity index (χ0v) is 16.2. The van der Waals surface area contributed by atoms with Gasteiger partial charge in [-0.1, -0.05) is 44.5 Å². The van der Waals surface area contributed by atoms with Gasteiger partial charge in [0.15, 0.2) is 0 Å². The molecule has 1 heterocycles. The normalized spacial score (nSPS) is 11.6. The van der Waals surface area contributed by atoms with Crippen molar-refractivity contribution in [2.75, 3.05) is 0 Å². The second-order valence-corrected chi connectivity index (χ2v) is 6.80. The fourth-order valence-corrected chi connectivity index (χ4v) is 3.17. The predicted octanol–water partition coefficient (Wildman–Crippen LogP) is 7.39. The monoisotopic (exact) mass is 404 g/mol. The molecule has 0 N–H and O–H groups in total. The van der Waals surface area contributed by atoms with Crippen molar-refractivity contribution in [3.63, 3.8) is 0 Å². The maximum absolute atomic E-state index is 13.0. The van der Waals surface area contributed by atoms with Crippen LogP contribution in [0.2, 0.25) is 0 Å². The molecule has 1 aromatic heterocycles. The Labute approximate surface area is 167 Å². The van der Waals surface area contributed by atoms with Crippen molar-refractivity contribution in [3.8, 4) is 17.1 Å². The molecular weight excluding hydrogens is 381 g/mol. The largest absolute Gasteiger partial charge is 0.573 e. The molecule has 0 spiro atoms. The molecule has 0 bridgehead atoms. The molecule has 0 unspecified atom stereocenters. The second-order valence-electron chi connectivity index (χ2n) is 6.80. The summed E-state index contributed by atoms with van der Waals surface area (Å²) >= 11 is 0. The first-order valence-electron chi connectivity index (χ1n) is 9.53. The average molecular weight is 404 g/mol. The van der Waals surface area contributed by atoms with Crippen molar-refractivity contribution in [2.24, 2.45) is 0 Å². The minimum atomic E-state index is -4.78. The van der Waals surface area contributed by atoms with E-state index in [1.165, 1.54) is 12.3 Å². The Morgan fingerprint density at radius 3 is 2.55 bits per heavy atom. The van der Waals surface area contributed by atoms with E-state index in [-0.39, 0.29) is 11.3 Å². The number of rotatable bonds is 9. The third-order valence-electron chi connectivity index (χ3n) is 4.56. The zero-order chi connectivity index (χ0) is 20.9. The number of furan rings is 1. The van der Waals surface area contributed by atoms with Crippen LogP contribution in [0, 0.1) is 0 Å². The highest BCUT2D eigenvalue weighted by Gasteiger charge is 2.32. The molecule has 0 atom stereocenters. The van der Waals surface area contributed by atoms with E-state index in [1.807, 2.05) is 18.2 Å². The van der Waals surface area contributed by atoms with Crippen LogP contribution in [0.3, 0.4) is 0 Å². The van der Waals surface area contributed by atoms with E-state index in [4.69, 9.17) is 9.15 Å². The van der Waals surface area contributed by atoms with Gasteiger partial charge in [-0.15, -0.1) is 13.2 Å². The fraction of sp³-hybridized carbons (Fsp3) is 0.304. The molecule has 0 aliphatic rings. The van der Waals surface area contributed by atoms with Crippen molar-refractivity contribution in [2.45, 2.75) is 45.6 Å². The van der Waals surface area contributed by atoms with E-state index in [0.717, 1.165) is 35.8 Å². The lowest BCUT2D eigenvalue weighted by atomic mass is 10.0. The molecule has 0 fully saturated rings. The van der Waals surface area contributed by atoms with Gasteiger partial charge in [-0.25, -0.2) is 0 Å². The second kappa shape index (κ2) is 9.07. The SMILES string of the molecule is C=COCc1ccc2cc(-c3ccc(CCCCC)cc3OC(F)(F)F)oc2c1. The first-order chi connectivity index (χ1) is 13.9. The number of hydrogen-bond acceptors (Lipinski definition) is 3. The summed E-state index contributed by atoms with van der Waals surface area (Å²) in [6.07, 6.45) is 0.261. The molecule has 3 aromatic rings. The molecule has 29 heavy (non-hydrogen) atoms. The Morgan fingerprint density at radius 2 is 1.83 bits per heavy atom. The van der Waals surface area contributed by atoms with Crippen molar-refractivity contribution in [3.05, 3.63) is 66.4 Å². The fourth-order valence-electron chi connectivity index (χ4n) is 3.17. The summed E-state index contributed by atoms with van der Waals surface area (Å²) in [5.41, 5.74) is 2.51. The molecule has 3 nitrogen and oxygen atoms in total. The lowest BCUT2D eigenvalue weighted by Crippen LogP contribution is -2.17. The minimum Gasteiger partial charge on any atom is -0.497 e. The number of aryl methyl sites for hydroxylation is 1. The van der Waals surface area contributed by atoms with Gasteiger partial charge in [0.05, 0.1) is 11.8 Å². The summed E-state index contributed by atoms with van der Waals surface area (Å²) in [6, 6.07) is 12.1. The van der Waals surface area contributed by atoms with Crippen LogP contribution in [0.5, 0.6) is 5.75 Å². The van der Waals surface area contributed by atoms with Crippen LogP contribution in [0.25, 0.3) is 22.3 Å². The number of halogens is 3. The highest BCUT2D eigenvalue weighted by molar-refractivity contribution is 5.84. The number of alkyl halides is 3. The quantitative estimate of drug-likeness (QED) is 0.275. The van der Waals surface area contributed by atoms with Crippen molar-refractivity contribution in [1.29, 1.82) is 0 Å². The van der Waals surface area contributed by atoms with Gasteiger partial charge in [-0.2, -0.15) is 0 Å². The Bertz CT molecular complexity index is 973. The molecule has 2 aromatic carbocycles. The van der Waals surface area contributed by atoms with Crippen molar-refractivity contribution in [1.82, 2.24) is 0 Å². The molecule has 6 heteroatoms. The maximum atomic E-state index is 13.0. The molecule has 0 radical (unpaired) electrons. The van der Waals surface area contributed by atoms with Gasteiger partial charge in [0.25, 0.3) is 0 Å². The van der Waals surface area contributed by atoms with E-state index in [1.54, 1.807) is 18.2 Å². The summed E-state index contributed by atoms with van der Waals surface area (Å²) in [5, 5.41) is 0.785.